The van der Waals surface area contributed by atoms with Gasteiger partial charge in [0.1, 0.15) is 5.02 Å². The Hall–Kier alpha value is -2.41. The Balaban J connectivity index is 2.05. The van der Waals surface area contributed by atoms with E-state index in [0.717, 1.165) is 5.69 Å². The van der Waals surface area contributed by atoms with Gasteiger partial charge in [-0.05, 0) is 26.8 Å². The van der Waals surface area contributed by atoms with E-state index in [4.69, 9.17) is 16.1 Å². The molecule has 0 fully saturated rings. The largest absolute Gasteiger partial charge is 0.336 e. The van der Waals surface area contributed by atoms with Crippen molar-refractivity contribution in [3.63, 3.8) is 0 Å². The molecule has 1 N–H and O–H groups in total. The zero-order valence-corrected chi connectivity index (χ0v) is 13.3. The summed E-state index contributed by atoms with van der Waals surface area (Å²) in [6.07, 6.45) is 0. The summed E-state index contributed by atoms with van der Waals surface area (Å²) in [6.45, 7) is 5.37. The average molecular weight is 320 g/mol. The number of rotatable bonds is 2. The summed E-state index contributed by atoms with van der Waals surface area (Å²) in [5.74, 6) is -0.00908. The third-order valence-electron chi connectivity index (χ3n) is 3.48. The second kappa shape index (κ2) is 5.10. The molecule has 114 valence electrons. The van der Waals surface area contributed by atoms with Crippen LogP contribution >= 0.6 is 11.6 Å². The van der Waals surface area contributed by atoms with Gasteiger partial charge in [0.25, 0.3) is 11.6 Å². The molecule has 7 nitrogen and oxygen atoms in total. The number of anilines is 1. The standard InChI is InChI=1S/C14H14ClN5O2/c1-6-5-9(10-7(2)19-22-14(10)16-6)13(21)17-12-11(15)8(3)20(4)18-12/h5H,1-4H3,(H,17,18,21). The van der Waals surface area contributed by atoms with Gasteiger partial charge in [-0.2, -0.15) is 5.10 Å². The molecule has 0 radical (unpaired) electrons. The Morgan fingerprint density at radius 1 is 1.36 bits per heavy atom. The molecule has 0 aliphatic carbocycles. The number of aromatic nitrogens is 4. The van der Waals surface area contributed by atoms with Crippen molar-refractivity contribution in [3.05, 3.63) is 33.7 Å². The van der Waals surface area contributed by atoms with Crippen LogP contribution in [0.2, 0.25) is 5.02 Å². The summed E-state index contributed by atoms with van der Waals surface area (Å²) in [4.78, 5) is 16.8. The molecule has 3 heterocycles. The third-order valence-corrected chi connectivity index (χ3v) is 3.94. The summed E-state index contributed by atoms with van der Waals surface area (Å²) >= 11 is 6.16. The Morgan fingerprint density at radius 2 is 2.09 bits per heavy atom. The van der Waals surface area contributed by atoms with E-state index in [0.29, 0.717) is 38.9 Å². The molecule has 0 aromatic carbocycles. The number of hydrogen-bond donors (Lipinski definition) is 1. The first-order chi connectivity index (χ1) is 10.4. The summed E-state index contributed by atoms with van der Waals surface area (Å²) in [5.41, 5.74) is 2.81. The average Bonchev–Trinajstić information content (AvgIpc) is 2.94. The highest BCUT2D eigenvalue weighted by molar-refractivity contribution is 6.34. The molecular formula is C14H14ClN5O2. The number of aryl methyl sites for hydroxylation is 3. The maximum Gasteiger partial charge on any atom is 0.258 e. The number of pyridine rings is 1. The van der Waals surface area contributed by atoms with E-state index in [1.807, 2.05) is 6.92 Å². The first-order valence-electron chi connectivity index (χ1n) is 6.62. The van der Waals surface area contributed by atoms with Gasteiger partial charge in [0, 0.05) is 12.7 Å². The Labute approximate surface area is 131 Å². The van der Waals surface area contributed by atoms with Crippen LogP contribution in [0.3, 0.4) is 0 Å². The lowest BCUT2D eigenvalue weighted by Crippen LogP contribution is -2.14. The SMILES string of the molecule is Cc1cc(C(=O)Nc2nn(C)c(C)c2Cl)c2c(C)noc2n1. The molecule has 0 saturated carbocycles. The maximum absolute atomic E-state index is 12.6. The van der Waals surface area contributed by atoms with Gasteiger partial charge in [-0.1, -0.05) is 16.8 Å². The highest BCUT2D eigenvalue weighted by Crippen LogP contribution is 2.26. The van der Waals surface area contributed by atoms with Crippen LogP contribution in [0.1, 0.15) is 27.4 Å². The van der Waals surface area contributed by atoms with Crippen LogP contribution in [-0.4, -0.2) is 25.8 Å². The second-order valence-electron chi connectivity index (χ2n) is 5.09. The number of carbonyl (C=O) groups excluding carboxylic acids is 1. The molecule has 0 unspecified atom stereocenters. The predicted molar refractivity (Wildman–Crippen MR) is 82.2 cm³/mol. The highest BCUT2D eigenvalue weighted by atomic mass is 35.5. The van der Waals surface area contributed by atoms with Crippen molar-refractivity contribution in [1.82, 2.24) is 19.9 Å². The van der Waals surface area contributed by atoms with Gasteiger partial charge in [-0.15, -0.1) is 0 Å². The van der Waals surface area contributed by atoms with Crippen molar-refractivity contribution < 1.29 is 9.32 Å². The molecule has 0 spiro atoms. The number of fused-ring (bicyclic) bond motifs is 1. The van der Waals surface area contributed by atoms with E-state index in [-0.39, 0.29) is 5.91 Å². The first kappa shape index (κ1) is 14.5. The Morgan fingerprint density at radius 3 is 2.73 bits per heavy atom. The highest BCUT2D eigenvalue weighted by Gasteiger charge is 2.20. The van der Waals surface area contributed by atoms with Crippen LogP contribution in [0.15, 0.2) is 10.6 Å². The topological polar surface area (TPSA) is 85.8 Å². The van der Waals surface area contributed by atoms with Crippen LogP contribution in [0.4, 0.5) is 5.82 Å². The van der Waals surface area contributed by atoms with Crippen molar-refractivity contribution in [2.24, 2.45) is 7.05 Å². The minimum Gasteiger partial charge on any atom is -0.336 e. The van der Waals surface area contributed by atoms with Gasteiger partial charge in [0.15, 0.2) is 5.82 Å². The van der Waals surface area contributed by atoms with Crippen molar-refractivity contribution in [1.29, 1.82) is 0 Å². The Bertz CT molecular complexity index is 896. The summed E-state index contributed by atoms with van der Waals surface area (Å²) in [6, 6.07) is 1.69. The van der Waals surface area contributed by atoms with E-state index in [9.17, 15) is 4.79 Å². The number of nitrogens with one attached hydrogen (secondary N) is 1. The van der Waals surface area contributed by atoms with E-state index in [2.05, 4.69) is 20.6 Å². The van der Waals surface area contributed by atoms with Gasteiger partial charge < -0.3 is 9.84 Å². The molecule has 3 aromatic heterocycles. The molecular weight excluding hydrogens is 306 g/mol. The van der Waals surface area contributed by atoms with Crippen LogP contribution < -0.4 is 5.32 Å². The fourth-order valence-corrected chi connectivity index (χ4v) is 2.44. The summed E-state index contributed by atoms with van der Waals surface area (Å²) in [5, 5.41) is 11.8. The number of halogens is 1. The molecule has 3 rings (SSSR count). The van der Waals surface area contributed by atoms with E-state index in [1.165, 1.54) is 0 Å². The maximum atomic E-state index is 12.6. The quantitative estimate of drug-likeness (QED) is 0.785. The normalized spacial score (nSPS) is 11.1. The monoisotopic (exact) mass is 319 g/mol. The minimum atomic E-state index is -0.332. The van der Waals surface area contributed by atoms with Crippen molar-refractivity contribution in [3.8, 4) is 0 Å². The van der Waals surface area contributed by atoms with Crippen LogP contribution in [0.25, 0.3) is 11.1 Å². The lowest BCUT2D eigenvalue weighted by Gasteiger charge is -2.05. The second-order valence-corrected chi connectivity index (χ2v) is 5.46. The summed E-state index contributed by atoms with van der Waals surface area (Å²) < 4.78 is 6.74. The van der Waals surface area contributed by atoms with Gasteiger partial charge >= 0.3 is 0 Å². The molecule has 3 aromatic rings. The lowest BCUT2D eigenvalue weighted by atomic mass is 10.1. The molecule has 0 bridgehead atoms. The first-order valence-corrected chi connectivity index (χ1v) is 7.00. The van der Waals surface area contributed by atoms with Crippen molar-refractivity contribution in [2.45, 2.75) is 20.8 Å². The Kier molecular flexibility index (Phi) is 3.37. The predicted octanol–water partition coefficient (Wildman–Crippen LogP) is 2.79. The van der Waals surface area contributed by atoms with Crippen LogP contribution in [0.5, 0.6) is 0 Å². The fourth-order valence-electron chi connectivity index (χ4n) is 2.23. The van der Waals surface area contributed by atoms with Crippen molar-refractivity contribution in [2.75, 3.05) is 5.32 Å². The molecule has 0 saturated heterocycles. The summed E-state index contributed by atoms with van der Waals surface area (Å²) in [7, 11) is 1.76. The van der Waals surface area contributed by atoms with E-state index < -0.39 is 0 Å². The molecule has 22 heavy (non-hydrogen) atoms. The fraction of sp³-hybridized carbons (Fsp3) is 0.286. The van der Waals surface area contributed by atoms with Crippen LogP contribution in [0, 0.1) is 20.8 Å². The number of nitrogens with zero attached hydrogens (tertiary/aromatic N) is 4. The molecule has 0 aliphatic heterocycles. The molecule has 0 atom stereocenters. The van der Waals surface area contributed by atoms with Gasteiger partial charge in [-0.25, -0.2) is 4.98 Å². The minimum absolute atomic E-state index is 0.323. The smallest absolute Gasteiger partial charge is 0.258 e. The van der Waals surface area contributed by atoms with Gasteiger partial charge in [0.05, 0.1) is 22.3 Å². The molecule has 8 heteroatoms. The van der Waals surface area contributed by atoms with Crippen LogP contribution in [-0.2, 0) is 7.05 Å². The number of amides is 1. The lowest BCUT2D eigenvalue weighted by molar-refractivity contribution is 0.102. The van der Waals surface area contributed by atoms with E-state index >= 15 is 0 Å². The zero-order chi connectivity index (χ0) is 16.0. The van der Waals surface area contributed by atoms with Gasteiger partial charge in [0.2, 0.25) is 0 Å². The third kappa shape index (κ3) is 2.23. The molecule has 0 aliphatic rings. The number of hydrogen-bond acceptors (Lipinski definition) is 5. The number of carbonyl (C=O) groups is 1. The van der Waals surface area contributed by atoms with E-state index in [1.54, 1.807) is 31.6 Å². The van der Waals surface area contributed by atoms with Gasteiger partial charge in [-0.3, -0.25) is 9.48 Å². The van der Waals surface area contributed by atoms with Crippen molar-refractivity contribution >= 4 is 34.4 Å². The zero-order valence-electron chi connectivity index (χ0n) is 12.6. The molecule has 1 amide bonds.